The maximum Gasteiger partial charge on any atom is 0.222 e. The van der Waals surface area contributed by atoms with Crippen molar-refractivity contribution in [2.45, 2.75) is 18.8 Å². The van der Waals surface area contributed by atoms with Crippen LogP contribution in [-0.2, 0) is 11.2 Å². The van der Waals surface area contributed by atoms with Gasteiger partial charge in [-0.25, -0.2) is 0 Å². The molecule has 1 saturated heterocycles. The van der Waals surface area contributed by atoms with Crippen LogP contribution in [0.25, 0.3) is 10.9 Å². The molecule has 4 rings (SSSR count). The number of aryl methyl sites for hydroxylation is 1. The number of fused-ring (bicyclic) bond motifs is 1. The summed E-state index contributed by atoms with van der Waals surface area (Å²) >= 11 is 0. The summed E-state index contributed by atoms with van der Waals surface area (Å²) in [5.74, 6) is 0.882. The minimum absolute atomic E-state index is 0.216. The quantitative estimate of drug-likeness (QED) is 0.760. The highest BCUT2D eigenvalue weighted by atomic mass is 16.2. The Hall–Kier alpha value is -2.72. The molecule has 27 heavy (non-hydrogen) atoms. The van der Waals surface area contributed by atoms with E-state index in [-0.39, 0.29) is 5.91 Å². The van der Waals surface area contributed by atoms with Crippen LogP contribution in [0.2, 0.25) is 0 Å². The predicted molar refractivity (Wildman–Crippen MR) is 108 cm³/mol. The number of hydrogen-bond donors (Lipinski definition) is 1. The number of carbonyl (C=O) groups is 1. The second-order valence-electron chi connectivity index (χ2n) is 7.30. The van der Waals surface area contributed by atoms with E-state index in [0.29, 0.717) is 24.8 Å². The van der Waals surface area contributed by atoms with Gasteiger partial charge in [0.05, 0.1) is 5.52 Å². The molecule has 0 saturated carbocycles. The summed E-state index contributed by atoms with van der Waals surface area (Å²) in [5, 5.41) is 1.14. The van der Waals surface area contributed by atoms with Crippen LogP contribution in [0.4, 0.5) is 0 Å². The van der Waals surface area contributed by atoms with E-state index in [1.54, 1.807) is 0 Å². The fourth-order valence-electron chi connectivity index (χ4n) is 4.16. The molecule has 1 amide bonds. The van der Waals surface area contributed by atoms with Crippen molar-refractivity contribution in [2.75, 3.05) is 19.6 Å². The van der Waals surface area contributed by atoms with Crippen LogP contribution in [0.1, 0.15) is 23.5 Å². The molecule has 4 nitrogen and oxygen atoms in total. The van der Waals surface area contributed by atoms with Crippen molar-refractivity contribution < 1.29 is 4.79 Å². The van der Waals surface area contributed by atoms with Crippen molar-refractivity contribution in [3.8, 4) is 0 Å². The summed E-state index contributed by atoms with van der Waals surface area (Å²) < 4.78 is 0. The molecular weight excluding hydrogens is 334 g/mol. The SMILES string of the molecule is NC[C@@H]1CN(C(=O)CCc2ccnc3ccccc23)C[C@H]1c1ccccc1. The van der Waals surface area contributed by atoms with Crippen LogP contribution in [0.3, 0.4) is 0 Å². The number of aromatic nitrogens is 1. The van der Waals surface area contributed by atoms with Gasteiger partial charge in [-0.3, -0.25) is 9.78 Å². The molecule has 138 valence electrons. The van der Waals surface area contributed by atoms with E-state index >= 15 is 0 Å². The van der Waals surface area contributed by atoms with Gasteiger partial charge in [-0.2, -0.15) is 0 Å². The first kappa shape index (κ1) is 17.7. The Balaban J connectivity index is 1.44. The summed E-state index contributed by atoms with van der Waals surface area (Å²) in [7, 11) is 0. The van der Waals surface area contributed by atoms with Crippen molar-refractivity contribution in [3.63, 3.8) is 0 Å². The lowest BCUT2D eigenvalue weighted by molar-refractivity contribution is -0.130. The Morgan fingerprint density at radius 1 is 1.04 bits per heavy atom. The highest BCUT2D eigenvalue weighted by molar-refractivity contribution is 5.83. The average Bonchev–Trinajstić information content (AvgIpc) is 3.17. The fraction of sp³-hybridized carbons (Fsp3) is 0.304. The fourth-order valence-corrected chi connectivity index (χ4v) is 4.16. The van der Waals surface area contributed by atoms with Gasteiger partial charge in [0, 0.05) is 37.0 Å². The standard InChI is InChI=1S/C23H25N3O/c24-14-19-15-26(16-21(19)17-6-2-1-3-7-17)23(27)11-10-18-12-13-25-22-9-5-4-8-20(18)22/h1-9,12-13,19,21H,10-11,14-16,24H2/t19-,21+/m1/s1. The second-order valence-corrected chi connectivity index (χ2v) is 7.30. The monoisotopic (exact) mass is 359 g/mol. The molecule has 1 aromatic heterocycles. The number of nitrogens with zero attached hydrogens (tertiary/aromatic N) is 2. The molecular formula is C23H25N3O. The van der Waals surface area contributed by atoms with Gasteiger partial charge >= 0.3 is 0 Å². The molecule has 0 unspecified atom stereocenters. The lowest BCUT2D eigenvalue weighted by Gasteiger charge is -2.17. The summed E-state index contributed by atoms with van der Waals surface area (Å²) in [6.07, 6.45) is 3.09. The second kappa shape index (κ2) is 7.89. The van der Waals surface area contributed by atoms with E-state index in [9.17, 15) is 4.79 Å². The molecule has 2 N–H and O–H groups in total. The van der Waals surface area contributed by atoms with Gasteiger partial charge in [0.1, 0.15) is 0 Å². The topological polar surface area (TPSA) is 59.2 Å². The molecule has 2 aromatic carbocycles. The van der Waals surface area contributed by atoms with Crippen LogP contribution in [0.5, 0.6) is 0 Å². The molecule has 2 heterocycles. The van der Waals surface area contributed by atoms with Crippen LogP contribution < -0.4 is 5.73 Å². The lowest BCUT2D eigenvalue weighted by Crippen LogP contribution is -2.30. The molecule has 1 aliphatic heterocycles. The number of para-hydroxylation sites is 1. The first-order valence-electron chi connectivity index (χ1n) is 9.61. The van der Waals surface area contributed by atoms with Crippen LogP contribution in [-0.4, -0.2) is 35.4 Å². The van der Waals surface area contributed by atoms with Crippen LogP contribution >= 0.6 is 0 Å². The maximum atomic E-state index is 12.9. The molecule has 4 heteroatoms. The zero-order chi connectivity index (χ0) is 18.6. The number of rotatable bonds is 5. The van der Waals surface area contributed by atoms with Crippen LogP contribution in [0.15, 0.2) is 66.9 Å². The highest BCUT2D eigenvalue weighted by Crippen LogP contribution is 2.32. The third kappa shape index (κ3) is 3.71. The Bertz CT molecular complexity index is 920. The molecule has 1 aliphatic rings. The minimum atomic E-state index is 0.216. The number of amides is 1. The zero-order valence-electron chi connectivity index (χ0n) is 15.4. The number of pyridine rings is 1. The summed E-state index contributed by atoms with van der Waals surface area (Å²) in [6.45, 7) is 2.13. The summed E-state index contributed by atoms with van der Waals surface area (Å²) in [5.41, 5.74) is 9.45. The molecule has 0 spiro atoms. The molecule has 0 radical (unpaired) electrons. The Labute approximate surface area is 160 Å². The van der Waals surface area contributed by atoms with Gasteiger partial charge in [-0.1, -0.05) is 48.5 Å². The predicted octanol–water partition coefficient (Wildman–Crippen LogP) is 3.37. The van der Waals surface area contributed by atoms with Gasteiger partial charge < -0.3 is 10.6 Å². The average molecular weight is 359 g/mol. The van der Waals surface area contributed by atoms with Crippen molar-refractivity contribution in [1.82, 2.24) is 9.88 Å². The highest BCUT2D eigenvalue weighted by Gasteiger charge is 2.34. The normalized spacial score (nSPS) is 19.5. The smallest absolute Gasteiger partial charge is 0.222 e. The summed E-state index contributed by atoms with van der Waals surface area (Å²) in [6, 6.07) is 20.5. The van der Waals surface area contributed by atoms with Crippen molar-refractivity contribution in [1.29, 1.82) is 0 Å². The third-order valence-corrected chi connectivity index (χ3v) is 5.67. The van der Waals surface area contributed by atoms with Gasteiger partial charge in [-0.05, 0) is 42.1 Å². The van der Waals surface area contributed by atoms with E-state index in [4.69, 9.17) is 5.73 Å². The van der Waals surface area contributed by atoms with E-state index in [0.717, 1.165) is 30.4 Å². The van der Waals surface area contributed by atoms with Crippen molar-refractivity contribution in [2.24, 2.45) is 11.7 Å². The molecule has 2 atom stereocenters. The van der Waals surface area contributed by atoms with E-state index in [2.05, 4.69) is 35.3 Å². The number of carbonyl (C=O) groups excluding carboxylic acids is 1. The largest absolute Gasteiger partial charge is 0.342 e. The minimum Gasteiger partial charge on any atom is -0.342 e. The Kier molecular flexibility index (Phi) is 5.16. The molecule has 0 aliphatic carbocycles. The first-order chi connectivity index (χ1) is 13.3. The van der Waals surface area contributed by atoms with Crippen LogP contribution in [0, 0.1) is 5.92 Å². The van der Waals surface area contributed by atoms with E-state index in [1.807, 2.05) is 41.4 Å². The zero-order valence-corrected chi connectivity index (χ0v) is 15.4. The molecule has 3 aromatic rings. The maximum absolute atomic E-state index is 12.9. The van der Waals surface area contributed by atoms with Crippen molar-refractivity contribution >= 4 is 16.8 Å². The Morgan fingerprint density at radius 3 is 2.63 bits per heavy atom. The first-order valence-corrected chi connectivity index (χ1v) is 9.61. The van der Waals surface area contributed by atoms with Gasteiger partial charge in [0.25, 0.3) is 0 Å². The third-order valence-electron chi connectivity index (χ3n) is 5.67. The lowest BCUT2D eigenvalue weighted by atomic mass is 9.89. The molecule has 0 bridgehead atoms. The van der Waals surface area contributed by atoms with Gasteiger partial charge in [0.15, 0.2) is 0 Å². The van der Waals surface area contributed by atoms with E-state index in [1.165, 1.54) is 11.1 Å². The Morgan fingerprint density at radius 2 is 1.81 bits per heavy atom. The van der Waals surface area contributed by atoms with E-state index < -0.39 is 0 Å². The number of benzene rings is 2. The summed E-state index contributed by atoms with van der Waals surface area (Å²) in [4.78, 5) is 19.3. The van der Waals surface area contributed by atoms with Crippen molar-refractivity contribution in [3.05, 3.63) is 78.0 Å². The number of likely N-dealkylation sites (tertiary alicyclic amines) is 1. The number of hydrogen-bond acceptors (Lipinski definition) is 3. The van der Waals surface area contributed by atoms with Gasteiger partial charge in [0.2, 0.25) is 5.91 Å². The number of nitrogens with two attached hydrogens (primary N) is 1. The molecule has 1 fully saturated rings. The van der Waals surface area contributed by atoms with Gasteiger partial charge in [-0.15, -0.1) is 0 Å².